The molecular weight excluding hydrogens is 274 g/mol. The van der Waals surface area contributed by atoms with E-state index in [2.05, 4.69) is 12.2 Å². The molecule has 5 heteroatoms. The first kappa shape index (κ1) is 15.0. The number of carboxylic acids is 1. The Labute approximate surface area is 123 Å². The molecule has 0 radical (unpaired) electrons. The van der Waals surface area contributed by atoms with Gasteiger partial charge in [-0.05, 0) is 23.3 Å². The third-order valence-corrected chi connectivity index (χ3v) is 5.14. The zero-order valence-electron chi connectivity index (χ0n) is 12.1. The van der Waals surface area contributed by atoms with E-state index in [1.807, 2.05) is 31.4 Å². The second kappa shape index (κ2) is 5.56. The number of hydrogen-bond donors (Lipinski definition) is 2. The summed E-state index contributed by atoms with van der Waals surface area (Å²) >= 11 is 1.62. The monoisotopic (exact) mass is 295 g/mol. The van der Waals surface area contributed by atoms with Gasteiger partial charge in [-0.25, -0.2) is 0 Å². The van der Waals surface area contributed by atoms with Crippen molar-refractivity contribution < 1.29 is 14.7 Å². The number of carboxylic acid groups (broad SMARTS) is 1. The third-order valence-electron chi connectivity index (χ3n) is 4.16. The topological polar surface area (TPSA) is 66.4 Å². The second-order valence-electron chi connectivity index (χ2n) is 5.98. The molecule has 1 heterocycles. The van der Waals surface area contributed by atoms with Crippen LogP contribution < -0.4 is 5.32 Å². The average molecular weight is 295 g/mol. The number of nitrogens with one attached hydrogen (secondary N) is 1. The molecule has 3 atom stereocenters. The summed E-state index contributed by atoms with van der Waals surface area (Å²) in [5.74, 6) is -1.99. The second-order valence-corrected chi connectivity index (χ2v) is 6.96. The smallest absolute Gasteiger partial charge is 0.307 e. The molecule has 0 saturated heterocycles. The Morgan fingerprint density at radius 3 is 2.60 bits per heavy atom. The molecule has 1 aromatic heterocycles. The number of carbonyl (C=O) groups is 2. The summed E-state index contributed by atoms with van der Waals surface area (Å²) in [5, 5.41) is 14.2. The average Bonchev–Trinajstić information content (AvgIpc) is 2.77. The van der Waals surface area contributed by atoms with Crippen molar-refractivity contribution in [2.75, 3.05) is 0 Å². The van der Waals surface area contributed by atoms with Crippen LogP contribution in [0.25, 0.3) is 0 Å². The maximum Gasteiger partial charge on any atom is 0.307 e. The van der Waals surface area contributed by atoms with Gasteiger partial charge in [-0.1, -0.05) is 33.3 Å². The van der Waals surface area contributed by atoms with Crippen molar-refractivity contribution in [2.24, 2.45) is 17.3 Å². The molecule has 1 fully saturated rings. The fraction of sp³-hybridized carbons (Fsp3) is 0.600. The predicted molar refractivity (Wildman–Crippen MR) is 78.5 cm³/mol. The SMILES string of the molecule is CCCC(NC(=O)C1C(C(=O)O)C1(C)C)c1cccs1. The van der Waals surface area contributed by atoms with Crippen LogP contribution in [0, 0.1) is 17.3 Å². The highest BCUT2D eigenvalue weighted by atomic mass is 32.1. The summed E-state index contributed by atoms with van der Waals surface area (Å²) in [7, 11) is 0. The van der Waals surface area contributed by atoms with E-state index in [0.29, 0.717) is 0 Å². The lowest BCUT2D eigenvalue weighted by molar-refractivity contribution is -0.140. The van der Waals surface area contributed by atoms with Crippen molar-refractivity contribution in [3.05, 3.63) is 22.4 Å². The van der Waals surface area contributed by atoms with Gasteiger partial charge in [0.2, 0.25) is 5.91 Å². The molecule has 0 spiro atoms. The van der Waals surface area contributed by atoms with E-state index in [-0.39, 0.29) is 11.9 Å². The van der Waals surface area contributed by atoms with Gasteiger partial charge in [0, 0.05) is 4.88 Å². The van der Waals surface area contributed by atoms with Crippen LogP contribution >= 0.6 is 11.3 Å². The summed E-state index contributed by atoms with van der Waals surface area (Å²) in [6.07, 6.45) is 1.84. The van der Waals surface area contributed by atoms with Crippen LogP contribution in [0.5, 0.6) is 0 Å². The maximum absolute atomic E-state index is 12.3. The number of thiophene rings is 1. The minimum absolute atomic E-state index is 0.00153. The predicted octanol–water partition coefficient (Wildman–Crippen LogP) is 3.06. The number of rotatable bonds is 6. The molecule has 110 valence electrons. The molecule has 2 rings (SSSR count). The molecule has 2 N–H and O–H groups in total. The number of aliphatic carboxylic acids is 1. The quantitative estimate of drug-likeness (QED) is 0.847. The largest absolute Gasteiger partial charge is 0.481 e. The number of hydrogen-bond acceptors (Lipinski definition) is 3. The first-order valence-electron chi connectivity index (χ1n) is 6.96. The van der Waals surface area contributed by atoms with Crippen molar-refractivity contribution in [1.82, 2.24) is 5.32 Å². The Morgan fingerprint density at radius 2 is 2.15 bits per heavy atom. The van der Waals surface area contributed by atoms with Gasteiger partial charge in [0.25, 0.3) is 0 Å². The Kier molecular flexibility index (Phi) is 4.18. The summed E-state index contributed by atoms with van der Waals surface area (Å²) in [6, 6.07) is 3.98. The normalized spacial score (nSPS) is 24.9. The van der Waals surface area contributed by atoms with Crippen molar-refractivity contribution in [2.45, 2.75) is 39.7 Å². The molecule has 0 aliphatic heterocycles. The fourth-order valence-electron chi connectivity index (χ4n) is 2.91. The number of carbonyl (C=O) groups excluding carboxylic acids is 1. The molecule has 3 unspecified atom stereocenters. The van der Waals surface area contributed by atoms with Crippen molar-refractivity contribution in [3.63, 3.8) is 0 Å². The Hall–Kier alpha value is -1.36. The summed E-state index contributed by atoms with van der Waals surface area (Å²) < 4.78 is 0. The van der Waals surface area contributed by atoms with Crippen LogP contribution in [0.1, 0.15) is 44.5 Å². The van der Waals surface area contributed by atoms with Crippen molar-refractivity contribution >= 4 is 23.2 Å². The van der Waals surface area contributed by atoms with Gasteiger partial charge < -0.3 is 10.4 Å². The standard InChI is InChI=1S/C15H21NO3S/c1-4-6-9(10-7-5-8-20-10)16-13(17)11-12(14(18)19)15(11,2)3/h5,7-9,11-12H,4,6H2,1-3H3,(H,16,17)(H,18,19). The lowest BCUT2D eigenvalue weighted by atomic mass is 10.1. The van der Waals surface area contributed by atoms with Crippen LogP contribution in [0.2, 0.25) is 0 Å². The van der Waals surface area contributed by atoms with E-state index < -0.39 is 23.2 Å². The van der Waals surface area contributed by atoms with Gasteiger partial charge in [0.1, 0.15) is 0 Å². The summed E-state index contributed by atoms with van der Waals surface area (Å²) in [4.78, 5) is 24.6. The van der Waals surface area contributed by atoms with Crippen LogP contribution in [-0.2, 0) is 9.59 Å². The molecule has 1 aliphatic carbocycles. The van der Waals surface area contributed by atoms with Crippen molar-refractivity contribution in [3.8, 4) is 0 Å². The third kappa shape index (κ3) is 2.73. The van der Waals surface area contributed by atoms with Gasteiger partial charge >= 0.3 is 5.97 Å². The van der Waals surface area contributed by atoms with E-state index in [1.165, 1.54) is 0 Å². The fourth-order valence-corrected chi connectivity index (χ4v) is 3.73. The van der Waals surface area contributed by atoms with E-state index in [4.69, 9.17) is 5.11 Å². The molecule has 20 heavy (non-hydrogen) atoms. The van der Waals surface area contributed by atoms with Crippen molar-refractivity contribution in [1.29, 1.82) is 0 Å². The zero-order valence-corrected chi connectivity index (χ0v) is 12.9. The van der Waals surface area contributed by atoms with E-state index in [0.717, 1.165) is 17.7 Å². The van der Waals surface area contributed by atoms with E-state index in [9.17, 15) is 9.59 Å². The highest BCUT2D eigenvalue weighted by Gasteiger charge is 2.66. The first-order chi connectivity index (χ1) is 9.39. The van der Waals surface area contributed by atoms with Gasteiger partial charge in [-0.15, -0.1) is 11.3 Å². The zero-order chi connectivity index (χ0) is 14.9. The van der Waals surface area contributed by atoms with E-state index >= 15 is 0 Å². The summed E-state index contributed by atoms with van der Waals surface area (Å²) in [6.45, 7) is 5.76. The van der Waals surface area contributed by atoms with Gasteiger partial charge in [0.05, 0.1) is 17.9 Å². The highest BCUT2D eigenvalue weighted by molar-refractivity contribution is 7.10. The van der Waals surface area contributed by atoms with Gasteiger partial charge in [-0.2, -0.15) is 0 Å². The molecule has 1 amide bonds. The Morgan fingerprint density at radius 1 is 1.45 bits per heavy atom. The van der Waals surface area contributed by atoms with Gasteiger partial charge in [-0.3, -0.25) is 9.59 Å². The molecule has 0 aromatic carbocycles. The lowest BCUT2D eigenvalue weighted by Crippen LogP contribution is -2.31. The highest BCUT2D eigenvalue weighted by Crippen LogP contribution is 2.58. The summed E-state index contributed by atoms with van der Waals surface area (Å²) in [5.41, 5.74) is -0.442. The first-order valence-corrected chi connectivity index (χ1v) is 7.84. The maximum atomic E-state index is 12.3. The minimum Gasteiger partial charge on any atom is -0.481 e. The van der Waals surface area contributed by atoms with Crippen LogP contribution in [0.3, 0.4) is 0 Å². The van der Waals surface area contributed by atoms with Gasteiger partial charge in [0.15, 0.2) is 0 Å². The van der Waals surface area contributed by atoms with Crippen LogP contribution in [-0.4, -0.2) is 17.0 Å². The lowest BCUT2D eigenvalue weighted by Gasteiger charge is -2.17. The Bertz CT molecular complexity index is 495. The van der Waals surface area contributed by atoms with Crippen LogP contribution in [0.4, 0.5) is 0 Å². The molecule has 1 saturated carbocycles. The minimum atomic E-state index is -0.877. The molecule has 1 aliphatic rings. The molecule has 1 aromatic rings. The van der Waals surface area contributed by atoms with Crippen LogP contribution in [0.15, 0.2) is 17.5 Å². The molecule has 4 nitrogen and oxygen atoms in total. The number of amides is 1. The molecule has 0 bridgehead atoms. The van der Waals surface area contributed by atoms with E-state index in [1.54, 1.807) is 11.3 Å². The Balaban J connectivity index is 2.05. The molecular formula is C15H21NO3S.